The first kappa shape index (κ1) is 20.4. The van der Waals surface area contributed by atoms with Gasteiger partial charge in [-0.15, -0.1) is 0 Å². The fourth-order valence-electron chi connectivity index (χ4n) is 2.68. The van der Waals surface area contributed by atoms with Gasteiger partial charge in [0.2, 0.25) is 11.9 Å². The Morgan fingerprint density at radius 1 is 1.19 bits per heavy atom. The molecule has 1 aliphatic rings. The smallest absolute Gasteiger partial charge is 0.345 e. The van der Waals surface area contributed by atoms with E-state index in [1.165, 1.54) is 12.3 Å². The van der Waals surface area contributed by atoms with Crippen molar-refractivity contribution in [2.24, 2.45) is 0 Å². The van der Waals surface area contributed by atoms with Crippen LogP contribution in [0.1, 0.15) is 5.56 Å². The van der Waals surface area contributed by atoms with Crippen LogP contribution in [0.4, 0.5) is 35.5 Å². The van der Waals surface area contributed by atoms with Gasteiger partial charge in [-0.05, 0) is 24.3 Å². The monoisotopic (exact) mass is 452 g/mol. The molecule has 1 aromatic carbocycles. The lowest BCUT2D eigenvalue weighted by Gasteiger charge is -2.12. The number of imide groups is 1. The highest BCUT2D eigenvalue weighted by Gasteiger charge is 2.28. The van der Waals surface area contributed by atoms with Crippen LogP contribution in [0.15, 0.2) is 36.2 Å². The van der Waals surface area contributed by atoms with Crippen LogP contribution < -0.4 is 21.3 Å². The molecule has 0 bridgehead atoms. The van der Waals surface area contributed by atoms with E-state index < -0.39 is 24.7 Å². The highest BCUT2D eigenvalue weighted by molar-refractivity contribution is 6.30. The molecule has 3 amide bonds. The lowest BCUT2D eigenvalue weighted by molar-refractivity contribution is -0.116. The Morgan fingerprint density at radius 3 is 2.68 bits per heavy atom. The van der Waals surface area contributed by atoms with Crippen molar-refractivity contribution in [3.8, 4) is 0 Å². The highest BCUT2D eigenvalue weighted by Crippen LogP contribution is 2.23. The summed E-state index contributed by atoms with van der Waals surface area (Å²) in [5.74, 6) is -0.943. The molecule has 0 unspecified atom stereocenters. The topological polar surface area (TPSA) is 125 Å². The number of rotatable bonds is 5. The third-order valence-electron chi connectivity index (χ3n) is 3.94. The maximum Gasteiger partial charge on any atom is 0.405 e. The second-order valence-corrected chi connectivity index (χ2v) is 6.71. The van der Waals surface area contributed by atoms with E-state index in [-0.39, 0.29) is 28.8 Å². The Bertz CT molecular complexity index is 1220. The van der Waals surface area contributed by atoms with Gasteiger partial charge in [-0.3, -0.25) is 10.1 Å². The number of hydrogen-bond donors (Lipinski definition) is 4. The van der Waals surface area contributed by atoms with Gasteiger partial charge in [-0.1, -0.05) is 17.7 Å². The number of amides is 3. The van der Waals surface area contributed by atoms with Crippen molar-refractivity contribution in [3.63, 3.8) is 0 Å². The van der Waals surface area contributed by atoms with Gasteiger partial charge in [0.15, 0.2) is 5.65 Å². The van der Waals surface area contributed by atoms with E-state index >= 15 is 0 Å². The number of urea groups is 1. The molecular weight excluding hydrogens is 441 g/mol. The summed E-state index contributed by atoms with van der Waals surface area (Å²) in [5, 5.41) is 13.8. The van der Waals surface area contributed by atoms with Crippen LogP contribution in [0.3, 0.4) is 0 Å². The van der Waals surface area contributed by atoms with Crippen molar-refractivity contribution < 1.29 is 22.8 Å². The van der Waals surface area contributed by atoms with Gasteiger partial charge in [0.25, 0.3) is 5.91 Å². The SMILES string of the molecule is O=C1NC(=O)/C(=C/c2cnn3c(NCC(F)(F)F)nc(Nc4cccc(Cl)c4)nc23)N1. The first-order valence-corrected chi connectivity index (χ1v) is 8.99. The van der Waals surface area contributed by atoms with Crippen molar-refractivity contribution in [2.75, 3.05) is 17.2 Å². The van der Waals surface area contributed by atoms with Gasteiger partial charge in [0.1, 0.15) is 12.2 Å². The first-order chi connectivity index (χ1) is 14.7. The maximum absolute atomic E-state index is 12.7. The molecule has 1 fully saturated rings. The molecule has 4 rings (SSSR count). The number of halogens is 4. The first-order valence-electron chi connectivity index (χ1n) is 8.61. The summed E-state index contributed by atoms with van der Waals surface area (Å²) in [7, 11) is 0. The molecule has 0 atom stereocenters. The molecule has 10 nitrogen and oxygen atoms in total. The zero-order valence-corrected chi connectivity index (χ0v) is 16.0. The van der Waals surface area contributed by atoms with Crippen LogP contribution in [0.2, 0.25) is 5.02 Å². The number of aromatic nitrogens is 4. The van der Waals surface area contributed by atoms with Crippen molar-refractivity contribution in [3.05, 3.63) is 46.7 Å². The summed E-state index contributed by atoms with van der Waals surface area (Å²) in [4.78, 5) is 31.4. The Labute approximate surface area is 176 Å². The summed E-state index contributed by atoms with van der Waals surface area (Å²) in [6, 6.07) is 5.87. The molecule has 31 heavy (non-hydrogen) atoms. The molecule has 14 heteroatoms. The molecule has 0 aliphatic carbocycles. The van der Waals surface area contributed by atoms with Crippen molar-refractivity contribution in [2.45, 2.75) is 6.18 Å². The molecular formula is C17H12ClF3N8O2. The van der Waals surface area contributed by atoms with E-state index in [0.29, 0.717) is 10.7 Å². The van der Waals surface area contributed by atoms with Gasteiger partial charge in [0.05, 0.1) is 6.20 Å². The molecule has 0 spiro atoms. The summed E-state index contributed by atoms with van der Waals surface area (Å²) >= 11 is 5.95. The van der Waals surface area contributed by atoms with Crippen LogP contribution in [-0.2, 0) is 4.79 Å². The van der Waals surface area contributed by atoms with Crippen LogP contribution in [0.25, 0.3) is 11.7 Å². The molecule has 4 N–H and O–H groups in total. The minimum absolute atomic E-state index is 0.0421. The minimum atomic E-state index is -4.50. The van der Waals surface area contributed by atoms with Crippen molar-refractivity contribution >= 4 is 52.8 Å². The molecule has 2 aromatic heterocycles. The third kappa shape index (κ3) is 4.66. The Hall–Kier alpha value is -3.87. The third-order valence-corrected chi connectivity index (χ3v) is 4.18. The van der Waals surface area contributed by atoms with E-state index in [4.69, 9.17) is 11.6 Å². The molecule has 0 saturated carbocycles. The summed E-state index contributed by atoms with van der Waals surface area (Å²) in [5.41, 5.74) is 0.790. The normalized spacial score (nSPS) is 15.3. The zero-order valence-electron chi connectivity index (χ0n) is 15.3. The van der Waals surface area contributed by atoms with E-state index in [1.54, 1.807) is 24.3 Å². The maximum atomic E-state index is 12.7. The second kappa shape index (κ2) is 7.75. The number of nitrogens with zero attached hydrogens (tertiary/aromatic N) is 4. The molecule has 1 aliphatic heterocycles. The lowest BCUT2D eigenvalue weighted by atomic mass is 10.2. The zero-order chi connectivity index (χ0) is 22.2. The van der Waals surface area contributed by atoms with Gasteiger partial charge in [-0.2, -0.15) is 32.8 Å². The van der Waals surface area contributed by atoms with E-state index in [2.05, 4.69) is 31.0 Å². The van der Waals surface area contributed by atoms with Crippen LogP contribution >= 0.6 is 11.6 Å². The predicted molar refractivity (Wildman–Crippen MR) is 105 cm³/mol. The number of carbonyl (C=O) groups is 2. The summed E-state index contributed by atoms with van der Waals surface area (Å²) < 4.78 is 39.2. The van der Waals surface area contributed by atoms with Gasteiger partial charge >= 0.3 is 12.2 Å². The molecule has 0 radical (unpaired) electrons. The summed E-state index contributed by atoms with van der Waals surface area (Å²) in [6.07, 6.45) is -1.93. The fraction of sp³-hybridized carbons (Fsp3) is 0.118. The van der Waals surface area contributed by atoms with Crippen molar-refractivity contribution in [1.29, 1.82) is 0 Å². The number of anilines is 3. The van der Waals surface area contributed by atoms with E-state index in [9.17, 15) is 22.8 Å². The van der Waals surface area contributed by atoms with Crippen LogP contribution in [0.5, 0.6) is 0 Å². The molecule has 1 saturated heterocycles. The van der Waals surface area contributed by atoms with Gasteiger partial charge in [0, 0.05) is 16.3 Å². The number of fused-ring (bicyclic) bond motifs is 1. The number of benzene rings is 1. The molecule has 3 aromatic rings. The number of carbonyl (C=O) groups excluding carboxylic acids is 2. The fourth-order valence-corrected chi connectivity index (χ4v) is 2.87. The van der Waals surface area contributed by atoms with Crippen LogP contribution in [-0.4, -0.2) is 44.2 Å². The van der Waals surface area contributed by atoms with Crippen molar-refractivity contribution in [1.82, 2.24) is 30.2 Å². The molecule has 160 valence electrons. The molecule has 3 heterocycles. The Morgan fingerprint density at radius 2 is 2.00 bits per heavy atom. The average Bonchev–Trinajstić information content (AvgIpc) is 3.22. The Kier molecular flexibility index (Phi) is 5.10. The van der Waals surface area contributed by atoms with Gasteiger partial charge in [-0.25, -0.2) is 4.79 Å². The van der Waals surface area contributed by atoms with E-state index in [0.717, 1.165) is 4.52 Å². The number of alkyl halides is 3. The summed E-state index contributed by atoms with van der Waals surface area (Å²) in [6.45, 7) is -1.36. The predicted octanol–water partition coefficient (Wildman–Crippen LogP) is 2.68. The number of nitrogens with one attached hydrogen (secondary N) is 4. The standard InChI is InChI=1S/C17H12ClF3N8O2/c18-9-2-1-3-10(5-9)24-14-26-12-8(4-11-13(30)27-16(31)25-11)6-23-29(12)15(28-14)22-7-17(19,20)21/h1-6H,7H2,(H2,22,24,26,28)(H2,25,27,30,31)/b11-4-. The largest absolute Gasteiger partial charge is 0.405 e. The Balaban J connectivity index is 1.77. The van der Waals surface area contributed by atoms with Crippen LogP contribution in [0, 0.1) is 0 Å². The quantitative estimate of drug-likeness (QED) is 0.346. The van der Waals surface area contributed by atoms with E-state index in [1.807, 2.05) is 5.32 Å². The highest BCUT2D eigenvalue weighted by atomic mass is 35.5. The number of hydrogen-bond acceptors (Lipinski definition) is 7. The minimum Gasteiger partial charge on any atom is -0.345 e. The second-order valence-electron chi connectivity index (χ2n) is 6.28. The average molecular weight is 453 g/mol. The van der Waals surface area contributed by atoms with Gasteiger partial charge < -0.3 is 16.0 Å². The lowest BCUT2D eigenvalue weighted by Crippen LogP contribution is -2.23.